The molecule has 0 aliphatic carbocycles. The molecule has 2 N–H and O–H groups in total. The molecule has 1 aromatic carbocycles. The number of nitrogens with zero attached hydrogens (tertiary/aromatic N) is 4. The van der Waals surface area contributed by atoms with Crippen molar-refractivity contribution in [3.63, 3.8) is 0 Å². The maximum atomic E-state index is 12.2. The van der Waals surface area contributed by atoms with Gasteiger partial charge in [0.1, 0.15) is 5.69 Å². The van der Waals surface area contributed by atoms with Crippen LogP contribution in [0.3, 0.4) is 0 Å². The average molecular weight is 377 g/mol. The molecule has 0 amide bonds. The second kappa shape index (κ2) is 7.80. The Balaban J connectivity index is 1.95. The van der Waals surface area contributed by atoms with Gasteiger partial charge in [0.05, 0.1) is 7.11 Å². The maximum absolute atomic E-state index is 12.2. The summed E-state index contributed by atoms with van der Waals surface area (Å²) < 4.78 is 4.85. The summed E-state index contributed by atoms with van der Waals surface area (Å²) in [6.45, 7) is 1.77. The summed E-state index contributed by atoms with van der Waals surface area (Å²) in [7, 11) is 1.31. The van der Waals surface area contributed by atoms with Crippen molar-refractivity contribution in [3.05, 3.63) is 42.4 Å². The highest BCUT2D eigenvalue weighted by molar-refractivity contribution is 5.99. The number of ether oxygens (including phenoxy) is 1. The molecule has 1 fully saturated rings. The van der Waals surface area contributed by atoms with Crippen molar-refractivity contribution in [2.24, 2.45) is 0 Å². The zero-order valence-electron chi connectivity index (χ0n) is 15.9. The molecule has 0 radical (unpaired) electrons. The van der Waals surface area contributed by atoms with Gasteiger partial charge in [0.15, 0.2) is 17.3 Å². The van der Waals surface area contributed by atoms with E-state index in [0.29, 0.717) is 11.5 Å². The van der Waals surface area contributed by atoms with Crippen LogP contribution in [0.1, 0.15) is 36.2 Å². The summed E-state index contributed by atoms with van der Waals surface area (Å²) in [5.74, 6) is 0.190. The van der Waals surface area contributed by atoms with Gasteiger partial charge in [0, 0.05) is 36.4 Å². The van der Waals surface area contributed by atoms with Crippen molar-refractivity contribution in [3.8, 4) is 11.3 Å². The van der Waals surface area contributed by atoms with Gasteiger partial charge in [-0.2, -0.15) is 0 Å². The van der Waals surface area contributed by atoms with E-state index in [1.54, 1.807) is 6.20 Å². The van der Waals surface area contributed by atoms with Gasteiger partial charge < -0.3 is 15.4 Å². The summed E-state index contributed by atoms with van der Waals surface area (Å²) in [5.41, 5.74) is 7.56. The van der Waals surface area contributed by atoms with Crippen molar-refractivity contribution < 1.29 is 9.53 Å². The number of aromatic nitrogens is 3. The normalized spacial score (nSPS) is 14.7. The van der Waals surface area contributed by atoms with Gasteiger partial charge in [0.2, 0.25) is 0 Å². The van der Waals surface area contributed by atoms with Crippen molar-refractivity contribution in [2.45, 2.75) is 25.7 Å². The van der Waals surface area contributed by atoms with Gasteiger partial charge in [-0.05, 0) is 18.2 Å². The van der Waals surface area contributed by atoms with E-state index in [1.807, 2.05) is 30.5 Å². The highest BCUT2D eigenvalue weighted by Crippen LogP contribution is 2.34. The van der Waals surface area contributed by atoms with Gasteiger partial charge in [-0.15, -0.1) is 0 Å². The first-order valence-electron chi connectivity index (χ1n) is 9.53. The molecule has 0 bridgehead atoms. The van der Waals surface area contributed by atoms with E-state index in [0.717, 1.165) is 42.3 Å². The molecule has 2 aromatic heterocycles. The van der Waals surface area contributed by atoms with Crippen LogP contribution in [0.5, 0.6) is 0 Å². The van der Waals surface area contributed by atoms with Crippen molar-refractivity contribution in [2.75, 3.05) is 30.8 Å². The first-order chi connectivity index (χ1) is 13.7. The molecule has 0 spiro atoms. The third-order valence-corrected chi connectivity index (χ3v) is 5.11. The second-order valence-corrected chi connectivity index (χ2v) is 6.93. The molecule has 1 aliphatic heterocycles. The van der Waals surface area contributed by atoms with Gasteiger partial charge in [-0.1, -0.05) is 37.1 Å². The number of nitrogen functional groups attached to an aromatic ring is 1. The quantitative estimate of drug-likeness (QED) is 0.699. The van der Waals surface area contributed by atoms with Crippen LogP contribution < -0.4 is 10.6 Å². The first kappa shape index (κ1) is 18.2. The van der Waals surface area contributed by atoms with E-state index < -0.39 is 5.97 Å². The van der Waals surface area contributed by atoms with Crippen LogP contribution in [0, 0.1) is 0 Å². The van der Waals surface area contributed by atoms with E-state index in [-0.39, 0.29) is 11.5 Å². The Morgan fingerprint density at radius 1 is 1.07 bits per heavy atom. The third kappa shape index (κ3) is 3.35. The maximum Gasteiger partial charge on any atom is 0.360 e. The predicted octanol–water partition coefficient (Wildman–Crippen LogP) is 3.44. The molecule has 144 valence electrons. The smallest absolute Gasteiger partial charge is 0.360 e. The van der Waals surface area contributed by atoms with E-state index in [2.05, 4.69) is 19.9 Å². The fourth-order valence-corrected chi connectivity index (χ4v) is 3.67. The topological polar surface area (TPSA) is 94.2 Å². The minimum atomic E-state index is -0.595. The summed E-state index contributed by atoms with van der Waals surface area (Å²) in [5, 5.41) is 2.00. The van der Waals surface area contributed by atoms with Crippen LogP contribution in [0.4, 0.5) is 11.6 Å². The van der Waals surface area contributed by atoms with E-state index in [4.69, 9.17) is 10.5 Å². The predicted molar refractivity (Wildman–Crippen MR) is 109 cm³/mol. The Kier molecular flexibility index (Phi) is 5.06. The molecular weight excluding hydrogens is 354 g/mol. The average Bonchev–Trinajstić information content (AvgIpc) is 3.02. The molecule has 0 unspecified atom stereocenters. The molecule has 1 saturated heterocycles. The Labute approximate surface area is 163 Å². The van der Waals surface area contributed by atoms with Crippen LogP contribution in [-0.4, -0.2) is 41.1 Å². The molecule has 0 atom stereocenters. The van der Waals surface area contributed by atoms with Crippen LogP contribution >= 0.6 is 0 Å². The minimum absolute atomic E-state index is 0.0315. The monoisotopic (exact) mass is 377 g/mol. The molecule has 4 rings (SSSR count). The zero-order chi connectivity index (χ0) is 19.5. The molecule has 1 aliphatic rings. The largest absolute Gasteiger partial charge is 0.464 e. The minimum Gasteiger partial charge on any atom is -0.464 e. The lowest BCUT2D eigenvalue weighted by atomic mass is 10.0. The highest BCUT2D eigenvalue weighted by atomic mass is 16.5. The van der Waals surface area contributed by atoms with Crippen molar-refractivity contribution in [1.29, 1.82) is 0 Å². The summed E-state index contributed by atoms with van der Waals surface area (Å²) >= 11 is 0. The number of nitrogens with two attached hydrogens (primary N) is 1. The Hall–Kier alpha value is -3.22. The van der Waals surface area contributed by atoms with Gasteiger partial charge in [-0.3, -0.25) is 4.98 Å². The summed E-state index contributed by atoms with van der Waals surface area (Å²) in [6, 6.07) is 7.97. The summed E-state index contributed by atoms with van der Waals surface area (Å²) in [4.78, 5) is 28.0. The lowest BCUT2D eigenvalue weighted by Gasteiger charge is -2.24. The Bertz CT molecular complexity index is 1010. The zero-order valence-corrected chi connectivity index (χ0v) is 15.9. The van der Waals surface area contributed by atoms with Crippen LogP contribution in [0.25, 0.3) is 22.0 Å². The first-order valence-corrected chi connectivity index (χ1v) is 9.53. The number of esters is 1. The van der Waals surface area contributed by atoms with Crippen LogP contribution in [0.15, 0.2) is 36.7 Å². The molecule has 0 saturated carbocycles. The number of fused-ring (bicyclic) bond motifs is 1. The van der Waals surface area contributed by atoms with Crippen molar-refractivity contribution in [1.82, 2.24) is 15.0 Å². The number of benzene rings is 1. The van der Waals surface area contributed by atoms with Crippen LogP contribution in [0.2, 0.25) is 0 Å². The number of hydrogen-bond donors (Lipinski definition) is 1. The fraction of sp³-hybridized carbons (Fsp3) is 0.333. The van der Waals surface area contributed by atoms with Gasteiger partial charge in [-0.25, -0.2) is 14.8 Å². The third-order valence-electron chi connectivity index (χ3n) is 5.11. The standard InChI is InChI=1S/C21H23N5O2/c1-28-21(27)18-19(22)25-20(26-10-6-2-3-7-11-26)17(24-18)16-13-23-12-14-8-4-5-9-15(14)16/h4-5,8-9,12-13H,2-3,6-7,10-11H2,1H3,(H2,22,25). The Morgan fingerprint density at radius 3 is 2.57 bits per heavy atom. The van der Waals surface area contributed by atoms with E-state index in [1.165, 1.54) is 20.0 Å². The fourth-order valence-electron chi connectivity index (χ4n) is 3.67. The number of carbonyl (C=O) groups is 1. The number of carbonyl (C=O) groups excluding carboxylic acids is 1. The molecule has 3 aromatic rings. The van der Waals surface area contributed by atoms with Crippen LogP contribution in [-0.2, 0) is 4.74 Å². The summed E-state index contributed by atoms with van der Waals surface area (Å²) in [6.07, 6.45) is 8.16. The SMILES string of the molecule is COC(=O)c1nc(-c2cncc3ccccc23)c(N2CCCCCC2)nc1N. The molecular formula is C21H23N5O2. The number of rotatable bonds is 3. The molecule has 28 heavy (non-hydrogen) atoms. The number of anilines is 2. The lowest BCUT2D eigenvalue weighted by Crippen LogP contribution is -2.27. The van der Waals surface area contributed by atoms with Gasteiger partial charge in [0.25, 0.3) is 0 Å². The number of pyridine rings is 1. The second-order valence-electron chi connectivity index (χ2n) is 6.93. The van der Waals surface area contributed by atoms with Gasteiger partial charge >= 0.3 is 5.97 Å². The number of methoxy groups -OCH3 is 1. The van der Waals surface area contributed by atoms with E-state index in [9.17, 15) is 4.79 Å². The van der Waals surface area contributed by atoms with E-state index >= 15 is 0 Å². The number of hydrogen-bond acceptors (Lipinski definition) is 7. The highest BCUT2D eigenvalue weighted by Gasteiger charge is 2.24. The molecule has 7 heteroatoms. The lowest BCUT2D eigenvalue weighted by molar-refractivity contribution is 0.0595. The molecule has 3 heterocycles. The van der Waals surface area contributed by atoms with Crippen molar-refractivity contribution >= 4 is 28.4 Å². The molecule has 7 nitrogen and oxygen atoms in total. The Morgan fingerprint density at radius 2 is 1.82 bits per heavy atom.